The first-order valence-electron chi connectivity index (χ1n) is 12.8. The molecule has 1 amide bonds. The van der Waals surface area contributed by atoms with Gasteiger partial charge in [0.05, 0.1) is 28.2 Å². The van der Waals surface area contributed by atoms with Crippen molar-refractivity contribution in [2.75, 3.05) is 46.0 Å². The zero-order chi connectivity index (χ0) is 27.8. The molecule has 2 aliphatic rings. The second kappa shape index (κ2) is 14.5. The summed E-state index contributed by atoms with van der Waals surface area (Å²) in [5.74, 6) is -0.289. The molecule has 0 saturated carbocycles. The minimum atomic E-state index is -0.811. The van der Waals surface area contributed by atoms with E-state index in [-0.39, 0.29) is 12.3 Å². The molecule has 2 aromatic carbocycles. The molecule has 0 unspecified atom stereocenters. The Kier molecular flexibility index (Phi) is 11.1. The van der Waals surface area contributed by atoms with Crippen LogP contribution in [0.1, 0.15) is 31.2 Å². The van der Waals surface area contributed by atoms with Gasteiger partial charge in [-0.05, 0) is 54.3 Å². The third-order valence-electron chi connectivity index (χ3n) is 6.46. The molecule has 4 rings (SSSR count). The number of amides is 1. The van der Waals surface area contributed by atoms with Crippen LogP contribution in [0.25, 0.3) is 17.2 Å². The second-order valence-electron chi connectivity index (χ2n) is 9.22. The first-order chi connectivity index (χ1) is 18.8. The normalized spacial score (nSPS) is 17.3. The van der Waals surface area contributed by atoms with Gasteiger partial charge >= 0.3 is 5.97 Å². The number of rotatable bonds is 12. The average molecular weight is 610 g/mol. The topological polar surface area (TPSA) is 79.3 Å². The van der Waals surface area contributed by atoms with Crippen molar-refractivity contribution in [3.05, 3.63) is 56.9 Å². The Labute approximate surface area is 248 Å². The number of hydrogen-bond donors (Lipinski definition) is 1. The number of aliphatic carboxylic acids is 1. The van der Waals surface area contributed by atoms with Crippen LogP contribution in [0, 0.1) is 0 Å². The van der Waals surface area contributed by atoms with E-state index in [9.17, 15) is 9.59 Å². The Bertz CT molecular complexity index is 1250. The maximum Gasteiger partial charge on any atom is 0.303 e. The fourth-order valence-electron chi connectivity index (χ4n) is 4.31. The van der Waals surface area contributed by atoms with E-state index in [2.05, 4.69) is 4.90 Å². The number of carboxylic acids is 1. The van der Waals surface area contributed by atoms with Crippen molar-refractivity contribution < 1.29 is 24.2 Å². The van der Waals surface area contributed by atoms with Crippen LogP contribution in [-0.4, -0.2) is 77.1 Å². The lowest BCUT2D eigenvalue weighted by molar-refractivity contribution is -0.137. The zero-order valence-electron chi connectivity index (χ0n) is 21.4. The van der Waals surface area contributed by atoms with Gasteiger partial charge in [0.2, 0.25) is 0 Å². The predicted octanol–water partition coefficient (Wildman–Crippen LogP) is 6.22. The number of carbonyl (C=O) groups is 2. The molecule has 0 bridgehead atoms. The largest absolute Gasteiger partial charge is 0.492 e. The van der Waals surface area contributed by atoms with E-state index >= 15 is 0 Å². The summed E-state index contributed by atoms with van der Waals surface area (Å²) in [6.45, 7) is 4.96. The van der Waals surface area contributed by atoms with Gasteiger partial charge in [-0.25, -0.2) is 0 Å². The molecule has 2 fully saturated rings. The average Bonchev–Trinajstić information content (AvgIpc) is 3.18. The number of carboxylic acid groups (broad SMARTS) is 1. The monoisotopic (exact) mass is 608 g/mol. The highest BCUT2D eigenvalue weighted by molar-refractivity contribution is 8.26. The van der Waals surface area contributed by atoms with Crippen molar-refractivity contribution in [2.45, 2.75) is 25.7 Å². The highest BCUT2D eigenvalue weighted by Crippen LogP contribution is 2.37. The van der Waals surface area contributed by atoms with E-state index < -0.39 is 5.97 Å². The van der Waals surface area contributed by atoms with Gasteiger partial charge in [0.25, 0.3) is 5.91 Å². The molecule has 2 aliphatic heterocycles. The van der Waals surface area contributed by atoms with E-state index in [0.29, 0.717) is 51.0 Å². The number of morpholine rings is 1. The number of thiocarbonyl (C=S) groups is 1. The molecular weight excluding hydrogens is 579 g/mol. The smallest absolute Gasteiger partial charge is 0.303 e. The molecule has 11 heteroatoms. The van der Waals surface area contributed by atoms with E-state index in [4.69, 9.17) is 50.0 Å². The Morgan fingerprint density at radius 1 is 1.05 bits per heavy atom. The molecule has 7 nitrogen and oxygen atoms in total. The zero-order valence-corrected chi connectivity index (χ0v) is 24.5. The number of halogens is 2. The number of thioether (sulfide) groups is 1. The number of carbonyl (C=O) groups excluding carboxylic acids is 1. The standard InChI is InChI=1S/C28H30Cl2N2O5S2/c29-22-7-5-20(17-23(22)30)19-6-8-24(37-15-12-31-10-13-36-14-11-31)21(16-19)18-25-27(35)32(28(38)39-25)9-3-1-2-4-26(33)34/h5-8,16-18H,1-4,9-15H2,(H,33,34). The van der Waals surface area contributed by atoms with Crippen molar-refractivity contribution in [3.8, 4) is 16.9 Å². The van der Waals surface area contributed by atoms with Gasteiger partial charge in [0, 0.05) is 38.2 Å². The highest BCUT2D eigenvalue weighted by atomic mass is 35.5. The summed E-state index contributed by atoms with van der Waals surface area (Å²) in [7, 11) is 0. The van der Waals surface area contributed by atoms with Crippen molar-refractivity contribution in [1.82, 2.24) is 9.80 Å². The van der Waals surface area contributed by atoms with E-state index in [1.165, 1.54) is 11.8 Å². The van der Waals surface area contributed by atoms with Crippen molar-refractivity contribution in [3.63, 3.8) is 0 Å². The number of ether oxygens (including phenoxy) is 2. The van der Waals surface area contributed by atoms with Crippen LogP contribution in [0.2, 0.25) is 10.0 Å². The molecule has 0 aromatic heterocycles. The molecule has 0 atom stereocenters. The third-order valence-corrected chi connectivity index (χ3v) is 8.58. The highest BCUT2D eigenvalue weighted by Gasteiger charge is 2.31. The van der Waals surface area contributed by atoms with Gasteiger partial charge in [-0.1, -0.05) is 65.7 Å². The number of unbranched alkanes of at least 4 members (excludes halogenated alkanes) is 2. The van der Waals surface area contributed by atoms with Gasteiger partial charge < -0.3 is 14.6 Å². The van der Waals surface area contributed by atoms with Crippen LogP contribution in [0.4, 0.5) is 0 Å². The molecule has 1 N–H and O–H groups in total. The Morgan fingerprint density at radius 3 is 2.54 bits per heavy atom. The first-order valence-corrected chi connectivity index (χ1v) is 14.8. The molecule has 39 heavy (non-hydrogen) atoms. The lowest BCUT2D eigenvalue weighted by Crippen LogP contribution is -2.38. The molecule has 0 aliphatic carbocycles. The molecule has 2 saturated heterocycles. The maximum absolute atomic E-state index is 13.2. The molecular formula is C28H30Cl2N2O5S2. The van der Waals surface area contributed by atoms with Crippen LogP contribution in [-0.2, 0) is 14.3 Å². The van der Waals surface area contributed by atoms with Gasteiger partial charge in [-0.3, -0.25) is 19.4 Å². The minimum absolute atomic E-state index is 0.127. The van der Waals surface area contributed by atoms with Crippen LogP contribution in [0.15, 0.2) is 41.3 Å². The number of nitrogens with zero attached hydrogens (tertiary/aromatic N) is 2. The molecule has 208 valence electrons. The fourth-order valence-corrected chi connectivity index (χ4v) is 5.91. The summed E-state index contributed by atoms with van der Waals surface area (Å²) < 4.78 is 12.1. The minimum Gasteiger partial charge on any atom is -0.492 e. The van der Waals surface area contributed by atoms with Gasteiger partial charge in [-0.2, -0.15) is 0 Å². The third kappa shape index (κ3) is 8.42. The van der Waals surface area contributed by atoms with Crippen LogP contribution >= 0.6 is 47.2 Å². The van der Waals surface area contributed by atoms with Crippen molar-refractivity contribution in [2.24, 2.45) is 0 Å². The van der Waals surface area contributed by atoms with Crippen molar-refractivity contribution in [1.29, 1.82) is 0 Å². The Morgan fingerprint density at radius 2 is 1.79 bits per heavy atom. The quantitative estimate of drug-likeness (QED) is 0.173. The van der Waals surface area contributed by atoms with Crippen molar-refractivity contribution >= 4 is 69.5 Å². The summed E-state index contributed by atoms with van der Waals surface area (Å²) in [5.41, 5.74) is 2.57. The number of hydrogen-bond acceptors (Lipinski definition) is 7. The summed E-state index contributed by atoms with van der Waals surface area (Å²) in [6, 6.07) is 11.3. The summed E-state index contributed by atoms with van der Waals surface area (Å²) >= 11 is 19.1. The molecule has 0 spiro atoms. The summed E-state index contributed by atoms with van der Waals surface area (Å²) in [6.07, 6.45) is 3.94. The van der Waals surface area contributed by atoms with Gasteiger partial charge in [-0.15, -0.1) is 0 Å². The molecule has 2 aromatic rings. The van der Waals surface area contributed by atoms with E-state index in [1.54, 1.807) is 11.0 Å². The van der Waals surface area contributed by atoms with Gasteiger partial charge in [0.15, 0.2) is 0 Å². The molecule has 0 radical (unpaired) electrons. The van der Waals surface area contributed by atoms with Crippen LogP contribution < -0.4 is 4.74 Å². The van der Waals surface area contributed by atoms with Gasteiger partial charge in [0.1, 0.15) is 16.7 Å². The lowest BCUT2D eigenvalue weighted by atomic mass is 10.0. The lowest BCUT2D eigenvalue weighted by Gasteiger charge is -2.26. The SMILES string of the molecule is O=C(O)CCCCCN1C(=O)C(=Cc2cc(-c3ccc(Cl)c(Cl)c3)ccc2OCCN2CCOCC2)SC1=S. The predicted molar refractivity (Wildman–Crippen MR) is 161 cm³/mol. The fraction of sp³-hybridized carbons (Fsp3) is 0.393. The maximum atomic E-state index is 13.2. The van der Waals surface area contributed by atoms with E-state index in [0.717, 1.165) is 56.0 Å². The van der Waals surface area contributed by atoms with Crippen LogP contribution in [0.5, 0.6) is 5.75 Å². The molecule has 2 heterocycles. The second-order valence-corrected chi connectivity index (χ2v) is 11.7. The Hall–Kier alpha value is -2.14. The summed E-state index contributed by atoms with van der Waals surface area (Å²) in [4.78, 5) is 28.4. The first kappa shape index (κ1) is 29.8. The Balaban J connectivity index is 1.52. The number of benzene rings is 2. The van der Waals surface area contributed by atoms with E-state index in [1.807, 2.05) is 36.4 Å². The summed E-state index contributed by atoms with van der Waals surface area (Å²) in [5, 5.41) is 9.76. The van der Waals surface area contributed by atoms with Crippen LogP contribution in [0.3, 0.4) is 0 Å².